The van der Waals surface area contributed by atoms with Crippen molar-refractivity contribution in [2.24, 2.45) is 16.5 Å². The molecule has 1 heterocycles. The zero-order valence-corrected chi connectivity index (χ0v) is 14.3. The van der Waals surface area contributed by atoms with E-state index in [1.54, 1.807) is 0 Å². The zero-order chi connectivity index (χ0) is 16.2. The number of aromatic nitrogens is 1. The van der Waals surface area contributed by atoms with Crippen molar-refractivity contribution in [1.29, 1.82) is 0 Å². The molecule has 2 N–H and O–H groups in total. The third-order valence-corrected chi connectivity index (χ3v) is 6.03. The SMILES string of the molecule is CC(C)(C)OC(=O)C1C(c2ncc(S(N)(=O)=O)s2)C1(C)C. The summed E-state index contributed by atoms with van der Waals surface area (Å²) in [6.45, 7) is 9.35. The molecule has 0 spiro atoms. The highest BCUT2D eigenvalue weighted by Crippen LogP contribution is 2.65. The van der Waals surface area contributed by atoms with Gasteiger partial charge in [-0.3, -0.25) is 4.79 Å². The van der Waals surface area contributed by atoms with Crippen LogP contribution in [0.3, 0.4) is 0 Å². The quantitative estimate of drug-likeness (QED) is 0.852. The van der Waals surface area contributed by atoms with Gasteiger partial charge in [0, 0.05) is 5.92 Å². The van der Waals surface area contributed by atoms with E-state index in [1.807, 2.05) is 34.6 Å². The van der Waals surface area contributed by atoms with Gasteiger partial charge in [-0.05, 0) is 26.2 Å². The molecule has 1 saturated carbocycles. The van der Waals surface area contributed by atoms with Crippen LogP contribution in [0.15, 0.2) is 10.4 Å². The summed E-state index contributed by atoms with van der Waals surface area (Å²) in [6.07, 6.45) is 1.25. The molecule has 0 saturated heterocycles. The van der Waals surface area contributed by atoms with E-state index in [9.17, 15) is 13.2 Å². The summed E-state index contributed by atoms with van der Waals surface area (Å²) in [5.74, 6) is -0.714. The van der Waals surface area contributed by atoms with Crippen molar-refractivity contribution >= 4 is 27.3 Å². The molecule has 1 aromatic rings. The molecular formula is C13H20N2O4S2. The number of carbonyl (C=O) groups is 1. The maximum Gasteiger partial charge on any atom is 0.310 e. The first-order valence-electron chi connectivity index (χ1n) is 6.55. The minimum atomic E-state index is -3.75. The Bertz CT molecular complexity index is 671. The Morgan fingerprint density at radius 2 is 2.00 bits per heavy atom. The van der Waals surface area contributed by atoms with Crippen molar-refractivity contribution in [1.82, 2.24) is 4.98 Å². The number of ether oxygens (including phenoxy) is 1. The minimum Gasteiger partial charge on any atom is -0.460 e. The van der Waals surface area contributed by atoms with Crippen LogP contribution in [0.4, 0.5) is 0 Å². The van der Waals surface area contributed by atoms with Crippen LogP contribution >= 0.6 is 11.3 Å². The van der Waals surface area contributed by atoms with Crippen LogP contribution < -0.4 is 5.14 Å². The predicted molar refractivity (Wildman–Crippen MR) is 79.3 cm³/mol. The Morgan fingerprint density at radius 3 is 2.43 bits per heavy atom. The Balaban J connectivity index is 2.22. The van der Waals surface area contributed by atoms with Gasteiger partial charge in [0.2, 0.25) is 10.0 Å². The number of esters is 1. The maximum atomic E-state index is 12.2. The smallest absolute Gasteiger partial charge is 0.310 e. The van der Waals surface area contributed by atoms with Gasteiger partial charge < -0.3 is 4.74 Å². The number of hydrogen-bond acceptors (Lipinski definition) is 6. The fraction of sp³-hybridized carbons (Fsp3) is 0.692. The molecule has 2 unspecified atom stereocenters. The second-order valence-corrected chi connectivity index (χ2v) is 9.72. The lowest BCUT2D eigenvalue weighted by molar-refractivity contribution is -0.157. The highest BCUT2D eigenvalue weighted by molar-refractivity contribution is 7.91. The van der Waals surface area contributed by atoms with E-state index in [2.05, 4.69) is 4.98 Å². The number of primary sulfonamides is 1. The summed E-state index contributed by atoms with van der Waals surface area (Å²) in [5, 5.41) is 5.70. The van der Waals surface area contributed by atoms with Gasteiger partial charge in [0.15, 0.2) is 4.21 Å². The van der Waals surface area contributed by atoms with Crippen LogP contribution in [0.25, 0.3) is 0 Å². The molecule has 8 heteroatoms. The lowest BCUT2D eigenvalue weighted by atomic mass is 10.1. The van der Waals surface area contributed by atoms with Gasteiger partial charge in [0.1, 0.15) is 5.60 Å². The summed E-state index contributed by atoms with van der Waals surface area (Å²) in [7, 11) is -3.75. The van der Waals surface area contributed by atoms with Crippen LogP contribution in [0, 0.1) is 11.3 Å². The number of hydrogen-bond donors (Lipinski definition) is 1. The number of nitrogens with zero attached hydrogens (tertiary/aromatic N) is 1. The van der Waals surface area contributed by atoms with Gasteiger partial charge in [-0.25, -0.2) is 18.5 Å². The number of carbonyl (C=O) groups excluding carboxylic acids is 1. The van der Waals surface area contributed by atoms with E-state index < -0.39 is 15.6 Å². The Labute approximate surface area is 128 Å². The lowest BCUT2D eigenvalue weighted by Gasteiger charge is -2.19. The molecule has 1 aliphatic carbocycles. The van der Waals surface area contributed by atoms with Gasteiger partial charge >= 0.3 is 5.97 Å². The largest absolute Gasteiger partial charge is 0.460 e. The third kappa shape index (κ3) is 3.27. The molecule has 1 fully saturated rings. The van der Waals surface area contributed by atoms with E-state index in [1.165, 1.54) is 6.20 Å². The standard InChI is InChI=1S/C13H20N2O4S2/c1-12(2,3)19-11(16)9-8(13(9,4)5)10-15-6-7(20-10)21(14,17)18/h6,8-9H,1-5H3,(H2,14,17,18). The average molecular weight is 332 g/mol. The molecule has 0 radical (unpaired) electrons. The molecule has 0 bridgehead atoms. The molecule has 6 nitrogen and oxygen atoms in total. The van der Waals surface area contributed by atoms with Crippen LogP contribution in [-0.4, -0.2) is 25.0 Å². The summed E-state index contributed by atoms with van der Waals surface area (Å²) < 4.78 is 28.1. The molecule has 2 rings (SSSR count). The zero-order valence-electron chi connectivity index (χ0n) is 12.7. The first-order valence-corrected chi connectivity index (χ1v) is 8.92. The van der Waals surface area contributed by atoms with Crippen molar-refractivity contribution in [2.75, 3.05) is 0 Å². The minimum absolute atomic E-state index is 0.0168. The Kier molecular flexibility index (Phi) is 3.71. The summed E-state index contributed by atoms with van der Waals surface area (Å²) >= 11 is 1.02. The van der Waals surface area contributed by atoms with Crippen molar-refractivity contribution < 1.29 is 17.9 Å². The van der Waals surface area contributed by atoms with Crippen molar-refractivity contribution in [3.8, 4) is 0 Å². The van der Waals surface area contributed by atoms with Gasteiger partial charge in [-0.2, -0.15) is 0 Å². The van der Waals surface area contributed by atoms with Crippen LogP contribution in [0.1, 0.15) is 45.5 Å². The number of sulfonamides is 1. The molecule has 0 amide bonds. The van der Waals surface area contributed by atoms with Gasteiger partial charge in [0.25, 0.3) is 0 Å². The van der Waals surface area contributed by atoms with Gasteiger partial charge in [-0.1, -0.05) is 13.8 Å². The van der Waals surface area contributed by atoms with E-state index in [4.69, 9.17) is 9.88 Å². The summed E-state index contributed by atoms with van der Waals surface area (Å²) in [5.41, 5.74) is -0.843. The number of thiazole rings is 1. The second-order valence-electron chi connectivity index (χ2n) is 6.87. The summed E-state index contributed by atoms with van der Waals surface area (Å²) in [4.78, 5) is 16.4. The Hall–Kier alpha value is -0.990. The van der Waals surface area contributed by atoms with E-state index in [0.717, 1.165) is 11.3 Å². The second kappa shape index (κ2) is 4.76. The predicted octanol–water partition coefficient (Wildman–Crippen LogP) is 1.87. The number of rotatable bonds is 3. The highest BCUT2D eigenvalue weighted by Gasteiger charge is 2.65. The van der Waals surface area contributed by atoms with E-state index in [-0.39, 0.29) is 27.4 Å². The monoisotopic (exact) mass is 332 g/mol. The molecule has 1 aliphatic rings. The molecule has 2 atom stereocenters. The summed E-state index contributed by atoms with van der Waals surface area (Å²) in [6, 6.07) is 0. The van der Waals surface area contributed by atoms with Crippen LogP contribution in [0.5, 0.6) is 0 Å². The maximum absolute atomic E-state index is 12.2. The van der Waals surface area contributed by atoms with Gasteiger partial charge in [0.05, 0.1) is 17.1 Å². The first kappa shape index (κ1) is 16.4. The van der Waals surface area contributed by atoms with Gasteiger partial charge in [-0.15, -0.1) is 11.3 Å². The fourth-order valence-corrected chi connectivity index (χ4v) is 4.36. The molecule has 0 aliphatic heterocycles. The Morgan fingerprint density at radius 1 is 1.43 bits per heavy atom. The topological polar surface area (TPSA) is 99.3 Å². The van der Waals surface area contributed by atoms with Crippen molar-refractivity contribution in [3.05, 3.63) is 11.2 Å². The number of nitrogens with two attached hydrogens (primary N) is 1. The van der Waals surface area contributed by atoms with Crippen molar-refractivity contribution in [2.45, 2.75) is 50.3 Å². The average Bonchev–Trinajstić information content (AvgIpc) is 2.66. The normalized spacial score (nSPS) is 24.7. The van der Waals surface area contributed by atoms with E-state index >= 15 is 0 Å². The van der Waals surface area contributed by atoms with Crippen molar-refractivity contribution in [3.63, 3.8) is 0 Å². The van der Waals surface area contributed by atoms with Crippen LogP contribution in [-0.2, 0) is 19.6 Å². The fourth-order valence-electron chi connectivity index (χ4n) is 2.45. The first-order chi connectivity index (χ1) is 9.34. The molecule has 21 heavy (non-hydrogen) atoms. The van der Waals surface area contributed by atoms with Crippen LogP contribution in [0.2, 0.25) is 0 Å². The third-order valence-electron chi connectivity index (χ3n) is 3.54. The molecule has 1 aromatic heterocycles. The molecule has 0 aromatic carbocycles. The molecular weight excluding hydrogens is 312 g/mol. The highest BCUT2D eigenvalue weighted by atomic mass is 32.2. The molecule has 118 valence electrons. The van der Waals surface area contributed by atoms with E-state index in [0.29, 0.717) is 5.01 Å². The lowest BCUT2D eigenvalue weighted by Crippen LogP contribution is -2.26.